The van der Waals surface area contributed by atoms with Crippen LogP contribution >= 0.6 is 0 Å². The maximum Gasteiger partial charge on any atom is 0.256 e. The van der Waals surface area contributed by atoms with Gasteiger partial charge in [-0.15, -0.1) is 0 Å². The normalized spacial score (nSPS) is 10.1. The maximum absolute atomic E-state index is 12.1. The van der Waals surface area contributed by atoms with E-state index in [0.29, 0.717) is 11.1 Å². The van der Waals surface area contributed by atoms with E-state index in [0.717, 1.165) is 11.3 Å². The van der Waals surface area contributed by atoms with Crippen LogP contribution in [0.5, 0.6) is 5.75 Å². The Morgan fingerprint density at radius 3 is 2.56 bits per heavy atom. The fourth-order valence-electron chi connectivity index (χ4n) is 1.79. The Morgan fingerprint density at radius 1 is 1.11 bits per heavy atom. The minimum absolute atomic E-state index is 0.131. The quantitative estimate of drug-likeness (QED) is 0.847. The number of phenols is 1. The number of phenolic OH excluding ortho intramolecular Hbond substituents is 1. The lowest BCUT2D eigenvalue weighted by molar-refractivity contribution is 0.102. The summed E-state index contributed by atoms with van der Waals surface area (Å²) in [6.45, 7) is 3.69. The molecule has 3 nitrogen and oxygen atoms in total. The molecule has 0 aliphatic carbocycles. The first-order valence-electron chi connectivity index (χ1n) is 5.74. The highest BCUT2D eigenvalue weighted by Crippen LogP contribution is 2.20. The van der Waals surface area contributed by atoms with Crippen LogP contribution in [0.2, 0.25) is 0 Å². The summed E-state index contributed by atoms with van der Waals surface area (Å²) in [5.74, 6) is -0.0825. The van der Waals surface area contributed by atoms with E-state index in [1.54, 1.807) is 25.1 Å². The van der Waals surface area contributed by atoms with E-state index in [-0.39, 0.29) is 11.7 Å². The number of rotatable bonds is 2. The van der Waals surface area contributed by atoms with E-state index in [1.165, 1.54) is 0 Å². The molecule has 0 saturated carbocycles. The molecule has 2 rings (SSSR count). The highest BCUT2D eigenvalue weighted by atomic mass is 16.3. The molecule has 0 aliphatic heterocycles. The van der Waals surface area contributed by atoms with E-state index in [2.05, 4.69) is 5.32 Å². The van der Waals surface area contributed by atoms with Gasteiger partial charge in [0.1, 0.15) is 5.75 Å². The van der Waals surface area contributed by atoms with Crippen molar-refractivity contribution >= 4 is 11.6 Å². The highest BCUT2D eigenvalue weighted by molar-refractivity contribution is 6.05. The van der Waals surface area contributed by atoms with Crippen LogP contribution in [0.25, 0.3) is 0 Å². The largest absolute Gasteiger partial charge is 0.508 e. The summed E-state index contributed by atoms with van der Waals surface area (Å²) in [6, 6.07) is 12.5. The molecule has 2 N–H and O–H groups in total. The van der Waals surface area contributed by atoms with Crippen LogP contribution < -0.4 is 5.32 Å². The van der Waals surface area contributed by atoms with Gasteiger partial charge in [-0.05, 0) is 43.7 Å². The van der Waals surface area contributed by atoms with Crippen molar-refractivity contribution in [3.05, 3.63) is 59.2 Å². The topological polar surface area (TPSA) is 49.3 Å². The minimum Gasteiger partial charge on any atom is -0.508 e. The smallest absolute Gasteiger partial charge is 0.256 e. The van der Waals surface area contributed by atoms with Gasteiger partial charge in [-0.2, -0.15) is 0 Å². The molecule has 2 aromatic rings. The molecule has 0 aromatic heterocycles. The third-order valence-corrected chi connectivity index (χ3v) is 2.83. The number of benzene rings is 2. The van der Waals surface area contributed by atoms with Gasteiger partial charge < -0.3 is 10.4 Å². The zero-order valence-corrected chi connectivity index (χ0v) is 10.4. The van der Waals surface area contributed by atoms with E-state index < -0.39 is 0 Å². The van der Waals surface area contributed by atoms with Gasteiger partial charge in [-0.3, -0.25) is 4.79 Å². The van der Waals surface area contributed by atoms with E-state index in [9.17, 15) is 9.90 Å². The number of nitrogens with one attached hydrogen (secondary N) is 1. The van der Waals surface area contributed by atoms with Crippen molar-refractivity contribution in [2.24, 2.45) is 0 Å². The monoisotopic (exact) mass is 241 g/mol. The molecule has 0 atom stereocenters. The van der Waals surface area contributed by atoms with Crippen LogP contribution in [-0.4, -0.2) is 11.0 Å². The average molecular weight is 241 g/mol. The van der Waals surface area contributed by atoms with Crippen LogP contribution in [0.3, 0.4) is 0 Å². The standard InChI is InChI=1S/C15H15NO2/c1-10-5-3-6-12(9-10)16-15(18)13-7-4-8-14(17)11(13)2/h3-9,17H,1-2H3,(H,16,18). The lowest BCUT2D eigenvalue weighted by atomic mass is 10.1. The molecular formula is C15H15NO2. The molecule has 1 amide bonds. The Labute approximate surface area is 106 Å². The molecular weight excluding hydrogens is 226 g/mol. The summed E-state index contributed by atoms with van der Waals surface area (Å²) in [4.78, 5) is 12.1. The van der Waals surface area contributed by atoms with E-state index in [1.807, 2.05) is 31.2 Å². The summed E-state index contributed by atoms with van der Waals surface area (Å²) < 4.78 is 0. The van der Waals surface area contributed by atoms with Gasteiger partial charge in [0.05, 0.1) is 0 Å². The molecule has 92 valence electrons. The number of aromatic hydroxyl groups is 1. The molecule has 0 saturated heterocycles. The number of carbonyl (C=O) groups excluding carboxylic acids is 1. The number of hydrogen-bond donors (Lipinski definition) is 2. The van der Waals surface area contributed by atoms with E-state index in [4.69, 9.17) is 0 Å². The van der Waals surface area contributed by atoms with Crippen molar-refractivity contribution in [1.82, 2.24) is 0 Å². The number of anilines is 1. The van der Waals surface area contributed by atoms with Crippen LogP contribution in [0.15, 0.2) is 42.5 Å². The first-order chi connectivity index (χ1) is 8.58. The Hall–Kier alpha value is -2.29. The van der Waals surface area contributed by atoms with Gasteiger partial charge in [-0.1, -0.05) is 18.2 Å². The summed E-state index contributed by atoms with van der Waals surface area (Å²) in [5.41, 5.74) is 2.90. The molecule has 18 heavy (non-hydrogen) atoms. The molecule has 0 heterocycles. The van der Waals surface area contributed by atoms with Crippen LogP contribution in [0, 0.1) is 13.8 Å². The average Bonchev–Trinajstić information content (AvgIpc) is 2.32. The van der Waals surface area contributed by atoms with Gasteiger partial charge in [0.15, 0.2) is 0 Å². The van der Waals surface area contributed by atoms with Gasteiger partial charge in [0, 0.05) is 16.8 Å². The van der Waals surface area contributed by atoms with Crippen LogP contribution in [0.1, 0.15) is 21.5 Å². The number of aryl methyl sites for hydroxylation is 1. The number of hydrogen-bond acceptors (Lipinski definition) is 2. The lowest BCUT2D eigenvalue weighted by Crippen LogP contribution is -2.13. The fraction of sp³-hybridized carbons (Fsp3) is 0.133. The molecule has 0 aliphatic rings. The Balaban J connectivity index is 2.25. The summed E-state index contributed by atoms with van der Waals surface area (Å²) in [7, 11) is 0. The van der Waals surface area contributed by atoms with Crippen LogP contribution in [0.4, 0.5) is 5.69 Å². The molecule has 0 unspecified atom stereocenters. The third-order valence-electron chi connectivity index (χ3n) is 2.83. The molecule has 0 fully saturated rings. The molecule has 3 heteroatoms. The van der Waals surface area contributed by atoms with Crippen molar-refractivity contribution in [2.45, 2.75) is 13.8 Å². The molecule has 0 spiro atoms. The predicted molar refractivity (Wildman–Crippen MR) is 72.0 cm³/mol. The maximum atomic E-state index is 12.1. The van der Waals surface area contributed by atoms with Gasteiger partial charge in [0.2, 0.25) is 0 Å². The third kappa shape index (κ3) is 2.51. The van der Waals surface area contributed by atoms with Crippen molar-refractivity contribution in [3.8, 4) is 5.75 Å². The van der Waals surface area contributed by atoms with Gasteiger partial charge >= 0.3 is 0 Å². The van der Waals surface area contributed by atoms with E-state index >= 15 is 0 Å². The van der Waals surface area contributed by atoms with Crippen LogP contribution in [-0.2, 0) is 0 Å². The van der Waals surface area contributed by atoms with Crippen molar-refractivity contribution in [1.29, 1.82) is 0 Å². The fourth-order valence-corrected chi connectivity index (χ4v) is 1.79. The Morgan fingerprint density at radius 2 is 1.83 bits per heavy atom. The SMILES string of the molecule is Cc1cccc(NC(=O)c2cccc(O)c2C)c1. The number of amides is 1. The summed E-state index contributed by atoms with van der Waals surface area (Å²) in [5, 5.41) is 12.4. The highest BCUT2D eigenvalue weighted by Gasteiger charge is 2.11. The molecule has 0 radical (unpaired) electrons. The first kappa shape index (κ1) is 12.2. The van der Waals surface area contributed by atoms with Crippen molar-refractivity contribution < 1.29 is 9.90 Å². The second-order valence-corrected chi connectivity index (χ2v) is 4.27. The van der Waals surface area contributed by atoms with Gasteiger partial charge in [0.25, 0.3) is 5.91 Å². The minimum atomic E-state index is -0.214. The predicted octanol–water partition coefficient (Wildman–Crippen LogP) is 3.26. The molecule has 2 aromatic carbocycles. The van der Waals surface area contributed by atoms with Crippen molar-refractivity contribution in [2.75, 3.05) is 5.32 Å². The number of carbonyl (C=O) groups is 1. The summed E-state index contributed by atoms with van der Waals surface area (Å²) in [6.07, 6.45) is 0. The second-order valence-electron chi connectivity index (χ2n) is 4.27. The molecule has 0 bridgehead atoms. The van der Waals surface area contributed by atoms with Crippen molar-refractivity contribution in [3.63, 3.8) is 0 Å². The zero-order chi connectivity index (χ0) is 13.1. The Kier molecular flexibility index (Phi) is 3.33. The lowest BCUT2D eigenvalue weighted by Gasteiger charge is -2.09. The first-order valence-corrected chi connectivity index (χ1v) is 5.74. The second kappa shape index (κ2) is 4.92. The van der Waals surface area contributed by atoms with Gasteiger partial charge in [-0.25, -0.2) is 0 Å². The zero-order valence-electron chi connectivity index (χ0n) is 10.4. The summed E-state index contributed by atoms with van der Waals surface area (Å²) >= 11 is 0. The Bertz CT molecular complexity index is 591.